The van der Waals surface area contributed by atoms with Crippen molar-refractivity contribution in [2.24, 2.45) is 0 Å². The number of aromatic nitrogens is 4. The van der Waals surface area contributed by atoms with Crippen molar-refractivity contribution in [3.8, 4) is 11.3 Å². The Morgan fingerprint density at radius 3 is 2.54 bits per heavy atom. The van der Waals surface area contributed by atoms with Crippen LogP contribution in [0.25, 0.3) is 16.9 Å². The minimum atomic E-state index is 0.783. The normalized spacial score (nSPS) is 11.2. The fraction of sp³-hybridized carbons (Fsp3) is 0.238. The molecule has 0 saturated carbocycles. The second-order valence-corrected chi connectivity index (χ2v) is 6.49. The molecule has 5 heteroatoms. The van der Waals surface area contributed by atoms with Gasteiger partial charge in [0.2, 0.25) is 0 Å². The third-order valence-electron chi connectivity index (χ3n) is 4.84. The van der Waals surface area contributed by atoms with Gasteiger partial charge in [0, 0.05) is 48.0 Å². The molecule has 5 nitrogen and oxygen atoms in total. The summed E-state index contributed by atoms with van der Waals surface area (Å²) in [4.78, 5) is 4.67. The molecule has 132 valence electrons. The van der Waals surface area contributed by atoms with E-state index in [4.69, 9.17) is 0 Å². The van der Waals surface area contributed by atoms with E-state index in [2.05, 4.69) is 71.3 Å². The van der Waals surface area contributed by atoms with Crippen molar-refractivity contribution in [2.45, 2.75) is 33.9 Å². The molecule has 0 aliphatic rings. The van der Waals surface area contributed by atoms with Crippen molar-refractivity contribution in [1.82, 2.24) is 19.2 Å². The number of imidazole rings is 1. The first-order valence-electron chi connectivity index (χ1n) is 8.96. The molecule has 0 amide bonds. The molecular formula is C21H23N5. The Bertz CT molecular complexity index is 1010. The van der Waals surface area contributed by atoms with E-state index in [0.717, 1.165) is 41.4 Å². The Hall–Kier alpha value is -3.08. The number of benzene rings is 1. The predicted molar refractivity (Wildman–Crippen MR) is 105 cm³/mol. The van der Waals surface area contributed by atoms with Crippen molar-refractivity contribution in [2.75, 3.05) is 5.32 Å². The summed E-state index contributed by atoms with van der Waals surface area (Å²) >= 11 is 0. The van der Waals surface area contributed by atoms with Crippen LogP contribution in [0.2, 0.25) is 0 Å². The number of aryl methyl sites for hydroxylation is 2. The molecular weight excluding hydrogens is 322 g/mol. The van der Waals surface area contributed by atoms with E-state index >= 15 is 0 Å². The van der Waals surface area contributed by atoms with E-state index in [0.29, 0.717) is 0 Å². The Morgan fingerprint density at radius 2 is 1.85 bits per heavy atom. The zero-order chi connectivity index (χ0) is 18.1. The van der Waals surface area contributed by atoms with Gasteiger partial charge in [-0.1, -0.05) is 18.2 Å². The largest absolute Gasteiger partial charge is 0.381 e. The van der Waals surface area contributed by atoms with E-state index in [1.54, 1.807) is 0 Å². The summed E-state index contributed by atoms with van der Waals surface area (Å²) in [5.74, 6) is 0. The molecule has 0 spiro atoms. The van der Waals surface area contributed by atoms with Gasteiger partial charge in [0.1, 0.15) is 5.65 Å². The van der Waals surface area contributed by atoms with Crippen LogP contribution in [-0.2, 0) is 13.1 Å². The minimum Gasteiger partial charge on any atom is -0.381 e. The zero-order valence-corrected chi connectivity index (χ0v) is 15.4. The Kier molecular flexibility index (Phi) is 4.21. The van der Waals surface area contributed by atoms with Crippen LogP contribution in [0.1, 0.15) is 23.9 Å². The Labute approximate surface area is 153 Å². The number of hydrogen-bond donors (Lipinski definition) is 1. The van der Waals surface area contributed by atoms with Gasteiger partial charge in [-0.05, 0) is 45.0 Å². The van der Waals surface area contributed by atoms with Gasteiger partial charge in [0.15, 0.2) is 0 Å². The van der Waals surface area contributed by atoms with Crippen molar-refractivity contribution in [3.05, 3.63) is 71.8 Å². The molecule has 0 saturated heterocycles. The molecule has 0 unspecified atom stereocenters. The lowest BCUT2D eigenvalue weighted by Crippen LogP contribution is -2.03. The van der Waals surface area contributed by atoms with Gasteiger partial charge >= 0.3 is 0 Å². The van der Waals surface area contributed by atoms with Crippen LogP contribution in [0.5, 0.6) is 0 Å². The Balaban J connectivity index is 1.50. The third kappa shape index (κ3) is 2.96. The lowest BCUT2D eigenvalue weighted by Gasteiger charge is -2.08. The molecule has 1 N–H and O–H groups in total. The van der Waals surface area contributed by atoms with E-state index < -0.39 is 0 Å². The molecule has 3 aromatic heterocycles. The average Bonchev–Trinajstić information content (AvgIpc) is 3.21. The molecule has 3 heterocycles. The maximum atomic E-state index is 4.67. The molecule has 1 aromatic carbocycles. The highest BCUT2D eigenvalue weighted by molar-refractivity contribution is 5.65. The van der Waals surface area contributed by atoms with Crippen LogP contribution in [0.15, 0.2) is 54.9 Å². The van der Waals surface area contributed by atoms with E-state index in [1.165, 1.54) is 11.3 Å². The Morgan fingerprint density at radius 1 is 1.04 bits per heavy atom. The highest BCUT2D eigenvalue weighted by atomic mass is 15.3. The first-order chi connectivity index (χ1) is 12.7. The number of pyridine rings is 1. The van der Waals surface area contributed by atoms with Crippen molar-refractivity contribution >= 4 is 11.3 Å². The molecule has 0 radical (unpaired) electrons. The first kappa shape index (κ1) is 16.4. The van der Waals surface area contributed by atoms with Crippen LogP contribution in [0.4, 0.5) is 5.69 Å². The molecule has 4 rings (SSSR count). The lowest BCUT2D eigenvalue weighted by atomic mass is 10.1. The summed E-state index contributed by atoms with van der Waals surface area (Å²) in [5, 5.41) is 8.09. The SMILES string of the molecule is CCn1nc(C)c(CNc2ccc(-c3cn4ccccc4n3)cc2)c1C. The van der Waals surface area contributed by atoms with Gasteiger partial charge < -0.3 is 9.72 Å². The molecule has 0 bridgehead atoms. The van der Waals surface area contributed by atoms with E-state index in [1.807, 2.05) is 28.8 Å². The van der Waals surface area contributed by atoms with Gasteiger partial charge in [-0.3, -0.25) is 4.68 Å². The van der Waals surface area contributed by atoms with Crippen molar-refractivity contribution in [3.63, 3.8) is 0 Å². The monoisotopic (exact) mass is 345 g/mol. The van der Waals surface area contributed by atoms with Gasteiger partial charge in [0.05, 0.1) is 11.4 Å². The molecule has 26 heavy (non-hydrogen) atoms. The van der Waals surface area contributed by atoms with Crippen molar-refractivity contribution in [1.29, 1.82) is 0 Å². The number of fused-ring (bicyclic) bond motifs is 1. The summed E-state index contributed by atoms with van der Waals surface area (Å²) in [7, 11) is 0. The standard InChI is InChI=1S/C21H23N5/c1-4-26-16(3)19(15(2)24-26)13-22-18-10-8-17(9-11-18)20-14-25-12-6-5-7-21(25)23-20/h5-12,14,22H,4,13H2,1-3H3. The van der Waals surface area contributed by atoms with Gasteiger partial charge in [-0.2, -0.15) is 5.10 Å². The highest BCUT2D eigenvalue weighted by Gasteiger charge is 2.10. The molecule has 0 aliphatic heterocycles. The zero-order valence-electron chi connectivity index (χ0n) is 15.4. The topological polar surface area (TPSA) is 47.2 Å². The predicted octanol–water partition coefficient (Wildman–Crippen LogP) is 4.45. The van der Waals surface area contributed by atoms with E-state index in [9.17, 15) is 0 Å². The first-order valence-corrected chi connectivity index (χ1v) is 8.96. The van der Waals surface area contributed by atoms with E-state index in [-0.39, 0.29) is 0 Å². The van der Waals surface area contributed by atoms with Crippen LogP contribution in [0.3, 0.4) is 0 Å². The average molecular weight is 345 g/mol. The van der Waals surface area contributed by atoms with Crippen LogP contribution < -0.4 is 5.32 Å². The van der Waals surface area contributed by atoms with Gasteiger partial charge in [-0.15, -0.1) is 0 Å². The van der Waals surface area contributed by atoms with Gasteiger partial charge in [-0.25, -0.2) is 4.98 Å². The third-order valence-corrected chi connectivity index (χ3v) is 4.84. The minimum absolute atomic E-state index is 0.783. The number of hydrogen-bond acceptors (Lipinski definition) is 3. The molecule has 0 aliphatic carbocycles. The summed E-state index contributed by atoms with van der Waals surface area (Å²) in [6, 6.07) is 14.5. The maximum Gasteiger partial charge on any atom is 0.137 e. The second-order valence-electron chi connectivity index (χ2n) is 6.49. The molecule has 0 fully saturated rings. The van der Waals surface area contributed by atoms with Crippen LogP contribution in [0, 0.1) is 13.8 Å². The summed E-state index contributed by atoms with van der Waals surface area (Å²) in [6.07, 6.45) is 4.08. The number of nitrogens with zero attached hydrogens (tertiary/aromatic N) is 4. The highest BCUT2D eigenvalue weighted by Crippen LogP contribution is 2.22. The lowest BCUT2D eigenvalue weighted by molar-refractivity contribution is 0.633. The van der Waals surface area contributed by atoms with Crippen LogP contribution in [-0.4, -0.2) is 19.2 Å². The fourth-order valence-corrected chi connectivity index (χ4v) is 3.32. The number of rotatable bonds is 5. The molecule has 4 aromatic rings. The summed E-state index contributed by atoms with van der Waals surface area (Å²) < 4.78 is 4.09. The smallest absolute Gasteiger partial charge is 0.137 e. The van der Waals surface area contributed by atoms with Crippen molar-refractivity contribution < 1.29 is 0 Å². The second kappa shape index (κ2) is 6.67. The van der Waals surface area contributed by atoms with Gasteiger partial charge in [0.25, 0.3) is 0 Å². The van der Waals surface area contributed by atoms with Crippen LogP contribution >= 0.6 is 0 Å². The number of nitrogens with one attached hydrogen (secondary N) is 1. The molecule has 0 atom stereocenters. The quantitative estimate of drug-likeness (QED) is 0.581. The number of anilines is 1. The maximum absolute atomic E-state index is 4.67. The summed E-state index contributed by atoms with van der Waals surface area (Å²) in [6.45, 7) is 8.01. The fourth-order valence-electron chi connectivity index (χ4n) is 3.32. The summed E-state index contributed by atoms with van der Waals surface area (Å²) in [5.41, 5.74) is 7.77.